The highest BCUT2D eigenvalue weighted by Gasteiger charge is 2.22. The fraction of sp³-hybridized carbons (Fsp3) is 0.381. The van der Waals surface area contributed by atoms with Gasteiger partial charge in [-0.15, -0.1) is 0 Å². The van der Waals surface area contributed by atoms with Crippen molar-refractivity contribution in [2.75, 3.05) is 0 Å². The lowest BCUT2D eigenvalue weighted by Crippen LogP contribution is -2.40. The minimum atomic E-state index is -0.479. The molecule has 2 atom stereocenters. The first-order valence-corrected chi connectivity index (χ1v) is 8.64. The summed E-state index contributed by atoms with van der Waals surface area (Å²) in [6.07, 6.45) is 0.994. The van der Waals surface area contributed by atoms with Crippen LogP contribution >= 0.6 is 0 Å². The van der Waals surface area contributed by atoms with Gasteiger partial charge in [0, 0.05) is 0 Å². The number of carbonyl (C=O) groups is 1. The molecule has 0 saturated heterocycles. The number of ether oxygens (including phenoxy) is 1. The summed E-state index contributed by atoms with van der Waals surface area (Å²) in [6, 6.07) is 15.8. The van der Waals surface area contributed by atoms with Crippen LogP contribution in [0.1, 0.15) is 49.4 Å². The SMILES string of the molecule is CC[C@H](NC(=O)[C@@H](CC)Oc1ccccc1)c1ccc(C)c(C)c1. The normalized spacial score (nSPS) is 13.2. The maximum Gasteiger partial charge on any atom is 0.261 e. The van der Waals surface area contributed by atoms with E-state index >= 15 is 0 Å². The van der Waals surface area contributed by atoms with Crippen molar-refractivity contribution in [2.24, 2.45) is 0 Å². The molecule has 0 spiro atoms. The molecular weight excluding hydrogens is 298 g/mol. The van der Waals surface area contributed by atoms with Crippen LogP contribution in [0, 0.1) is 13.8 Å². The van der Waals surface area contributed by atoms with E-state index in [0.717, 1.165) is 17.7 Å². The molecule has 0 heterocycles. The molecule has 0 aliphatic heterocycles. The second kappa shape index (κ2) is 8.53. The zero-order chi connectivity index (χ0) is 17.5. The van der Waals surface area contributed by atoms with E-state index < -0.39 is 6.10 Å². The van der Waals surface area contributed by atoms with E-state index in [1.807, 2.05) is 37.3 Å². The average Bonchev–Trinajstić information content (AvgIpc) is 2.60. The summed E-state index contributed by atoms with van der Waals surface area (Å²) < 4.78 is 5.84. The summed E-state index contributed by atoms with van der Waals surface area (Å²) in [6.45, 7) is 8.24. The number of hydrogen-bond acceptors (Lipinski definition) is 2. The third kappa shape index (κ3) is 4.60. The minimum Gasteiger partial charge on any atom is -0.481 e. The highest BCUT2D eigenvalue weighted by molar-refractivity contribution is 5.81. The Hall–Kier alpha value is -2.29. The van der Waals surface area contributed by atoms with Crippen LogP contribution in [0.2, 0.25) is 0 Å². The number of aryl methyl sites for hydroxylation is 2. The van der Waals surface area contributed by atoms with E-state index in [2.05, 4.69) is 44.3 Å². The summed E-state index contributed by atoms with van der Waals surface area (Å²) in [5.74, 6) is 0.658. The standard InChI is InChI=1S/C21H27NO2/c1-5-19(17-13-12-15(3)16(4)14-17)22-21(23)20(6-2)24-18-10-8-7-9-11-18/h7-14,19-20H,5-6H2,1-4H3,(H,22,23)/t19-,20+/m0/s1. The first-order chi connectivity index (χ1) is 11.5. The fourth-order valence-electron chi connectivity index (χ4n) is 2.65. The van der Waals surface area contributed by atoms with Crippen molar-refractivity contribution in [1.29, 1.82) is 0 Å². The Morgan fingerprint density at radius 1 is 1.00 bits per heavy atom. The molecule has 0 aliphatic rings. The van der Waals surface area contributed by atoms with Crippen molar-refractivity contribution in [3.8, 4) is 5.75 Å². The summed E-state index contributed by atoms with van der Waals surface area (Å²) in [5.41, 5.74) is 3.65. The molecule has 2 aromatic rings. The van der Waals surface area contributed by atoms with E-state index in [0.29, 0.717) is 6.42 Å². The molecule has 3 nitrogen and oxygen atoms in total. The largest absolute Gasteiger partial charge is 0.481 e. The summed E-state index contributed by atoms with van der Waals surface area (Å²) in [4.78, 5) is 12.6. The van der Waals surface area contributed by atoms with Gasteiger partial charge in [-0.2, -0.15) is 0 Å². The fourth-order valence-corrected chi connectivity index (χ4v) is 2.65. The molecular formula is C21H27NO2. The predicted molar refractivity (Wildman–Crippen MR) is 98.2 cm³/mol. The number of hydrogen-bond donors (Lipinski definition) is 1. The Balaban J connectivity index is 2.07. The number of amides is 1. The molecule has 0 aromatic heterocycles. The Bertz CT molecular complexity index is 667. The van der Waals surface area contributed by atoms with Gasteiger partial charge in [0.15, 0.2) is 6.10 Å². The van der Waals surface area contributed by atoms with Gasteiger partial charge in [-0.3, -0.25) is 4.79 Å². The molecule has 0 unspecified atom stereocenters. The van der Waals surface area contributed by atoms with E-state index in [-0.39, 0.29) is 11.9 Å². The van der Waals surface area contributed by atoms with Gasteiger partial charge in [0.05, 0.1) is 6.04 Å². The summed E-state index contributed by atoms with van der Waals surface area (Å²) >= 11 is 0. The molecule has 0 fully saturated rings. The number of benzene rings is 2. The van der Waals surface area contributed by atoms with Gasteiger partial charge >= 0.3 is 0 Å². The topological polar surface area (TPSA) is 38.3 Å². The first-order valence-electron chi connectivity index (χ1n) is 8.64. The number of carbonyl (C=O) groups excluding carboxylic acids is 1. The van der Waals surface area contributed by atoms with Crippen molar-refractivity contribution in [1.82, 2.24) is 5.32 Å². The van der Waals surface area contributed by atoms with E-state index in [1.165, 1.54) is 11.1 Å². The Labute approximate surface area is 145 Å². The molecule has 3 heteroatoms. The van der Waals surface area contributed by atoms with Crippen molar-refractivity contribution in [3.05, 3.63) is 65.2 Å². The van der Waals surface area contributed by atoms with Crippen LogP contribution in [0.3, 0.4) is 0 Å². The van der Waals surface area contributed by atoms with Crippen LogP contribution in [0.25, 0.3) is 0 Å². The predicted octanol–water partition coefficient (Wildman–Crippen LogP) is 4.73. The molecule has 0 aliphatic carbocycles. The molecule has 1 amide bonds. The monoisotopic (exact) mass is 325 g/mol. The van der Waals surface area contributed by atoms with Crippen LogP contribution in [0.15, 0.2) is 48.5 Å². The van der Waals surface area contributed by atoms with Crippen LogP contribution < -0.4 is 10.1 Å². The van der Waals surface area contributed by atoms with Gasteiger partial charge < -0.3 is 10.1 Å². The number of para-hydroxylation sites is 1. The molecule has 1 N–H and O–H groups in total. The van der Waals surface area contributed by atoms with Gasteiger partial charge in [0.1, 0.15) is 5.75 Å². The number of rotatable bonds is 7. The highest BCUT2D eigenvalue weighted by atomic mass is 16.5. The highest BCUT2D eigenvalue weighted by Crippen LogP contribution is 2.21. The van der Waals surface area contributed by atoms with Gasteiger partial charge in [-0.25, -0.2) is 0 Å². The second-order valence-electron chi connectivity index (χ2n) is 6.14. The zero-order valence-corrected chi connectivity index (χ0v) is 15.0. The van der Waals surface area contributed by atoms with Crippen molar-refractivity contribution in [3.63, 3.8) is 0 Å². The second-order valence-corrected chi connectivity index (χ2v) is 6.14. The Kier molecular flexibility index (Phi) is 6.42. The third-order valence-electron chi connectivity index (χ3n) is 4.34. The third-order valence-corrected chi connectivity index (χ3v) is 4.34. The Morgan fingerprint density at radius 2 is 1.71 bits per heavy atom. The van der Waals surface area contributed by atoms with Crippen LogP contribution in [-0.2, 0) is 4.79 Å². The van der Waals surface area contributed by atoms with Gasteiger partial charge in [0.2, 0.25) is 0 Å². The molecule has 0 radical (unpaired) electrons. The van der Waals surface area contributed by atoms with Gasteiger partial charge in [-0.05, 0) is 55.5 Å². The molecule has 128 valence electrons. The molecule has 24 heavy (non-hydrogen) atoms. The van der Waals surface area contributed by atoms with Crippen LogP contribution in [-0.4, -0.2) is 12.0 Å². The molecule has 0 bridgehead atoms. The van der Waals surface area contributed by atoms with E-state index in [1.54, 1.807) is 0 Å². The Morgan fingerprint density at radius 3 is 2.29 bits per heavy atom. The van der Waals surface area contributed by atoms with Gasteiger partial charge in [0.25, 0.3) is 5.91 Å². The summed E-state index contributed by atoms with van der Waals surface area (Å²) in [5, 5.41) is 3.14. The lowest BCUT2D eigenvalue weighted by molar-refractivity contribution is -0.128. The lowest BCUT2D eigenvalue weighted by Gasteiger charge is -2.23. The first kappa shape index (κ1) is 18.1. The molecule has 2 rings (SSSR count). The maximum absolute atomic E-state index is 12.6. The van der Waals surface area contributed by atoms with Crippen LogP contribution in [0.5, 0.6) is 5.75 Å². The lowest BCUT2D eigenvalue weighted by atomic mass is 9.99. The van der Waals surface area contributed by atoms with Crippen molar-refractivity contribution < 1.29 is 9.53 Å². The van der Waals surface area contributed by atoms with Gasteiger partial charge in [-0.1, -0.05) is 50.2 Å². The summed E-state index contributed by atoms with van der Waals surface area (Å²) in [7, 11) is 0. The van der Waals surface area contributed by atoms with E-state index in [4.69, 9.17) is 4.74 Å². The van der Waals surface area contributed by atoms with Crippen LogP contribution in [0.4, 0.5) is 0 Å². The minimum absolute atomic E-state index is 0.00484. The maximum atomic E-state index is 12.6. The quantitative estimate of drug-likeness (QED) is 0.799. The van der Waals surface area contributed by atoms with Crippen molar-refractivity contribution >= 4 is 5.91 Å². The molecule has 2 aromatic carbocycles. The zero-order valence-electron chi connectivity index (χ0n) is 15.0. The smallest absolute Gasteiger partial charge is 0.261 e. The number of nitrogens with one attached hydrogen (secondary N) is 1. The van der Waals surface area contributed by atoms with Crippen molar-refractivity contribution in [2.45, 2.75) is 52.7 Å². The molecule has 0 saturated carbocycles. The van der Waals surface area contributed by atoms with E-state index in [9.17, 15) is 4.79 Å². The average molecular weight is 325 g/mol.